The van der Waals surface area contributed by atoms with E-state index in [4.69, 9.17) is 0 Å². The van der Waals surface area contributed by atoms with E-state index in [0.717, 1.165) is 12.0 Å². The standard InChI is InChI=1S/C18H35N/c1-17(2)12-16(13-18(3,4)14-17)19-11-7-10-15-8-5-6-9-15/h15-16,19H,5-14H2,1-4H3. The van der Waals surface area contributed by atoms with Gasteiger partial charge < -0.3 is 5.32 Å². The van der Waals surface area contributed by atoms with Gasteiger partial charge in [0.25, 0.3) is 0 Å². The van der Waals surface area contributed by atoms with Gasteiger partial charge in [-0.3, -0.25) is 0 Å². The van der Waals surface area contributed by atoms with Crippen LogP contribution >= 0.6 is 0 Å². The summed E-state index contributed by atoms with van der Waals surface area (Å²) in [6.45, 7) is 11.0. The van der Waals surface area contributed by atoms with E-state index in [9.17, 15) is 0 Å². The third kappa shape index (κ3) is 5.10. The summed E-state index contributed by atoms with van der Waals surface area (Å²) in [4.78, 5) is 0. The van der Waals surface area contributed by atoms with Crippen LogP contribution in [0, 0.1) is 16.7 Å². The zero-order chi connectivity index (χ0) is 13.9. The molecular formula is C18H35N. The highest BCUT2D eigenvalue weighted by atomic mass is 14.9. The summed E-state index contributed by atoms with van der Waals surface area (Å²) in [5.74, 6) is 1.06. The van der Waals surface area contributed by atoms with Crippen molar-refractivity contribution in [2.24, 2.45) is 16.7 Å². The first-order chi connectivity index (χ1) is 8.86. The molecule has 0 bridgehead atoms. The van der Waals surface area contributed by atoms with Crippen LogP contribution in [-0.4, -0.2) is 12.6 Å². The molecule has 0 atom stereocenters. The molecule has 0 aromatic heterocycles. The van der Waals surface area contributed by atoms with Gasteiger partial charge in [-0.1, -0.05) is 53.4 Å². The molecule has 0 spiro atoms. The lowest BCUT2D eigenvalue weighted by Crippen LogP contribution is -2.44. The summed E-state index contributed by atoms with van der Waals surface area (Å²) in [5.41, 5.74) is 1.04. The van der Waals surface area contributed by atoms with Crippen LogP contribution in [0.2, 0.25) is 0 Å². The van der Waals surface area contributed by atoms with E-state index in [1.807, 2.05) is 0 Å². The zero-order valence-corrected chi connectivity index (χ0v) is 13.7. The lowest BCUT2D eigenvalue weighted by molar-refractivity contribution is 0.0849. The van der Waals surface area contributed by atoms with E-state index in [1.54, 1.807) is 0 Å². The minimum absolute atomic E-state index is 0.519. The second kappa shape index (κ2) is 6.16. The van der Waals surface area contributed by atoms with E-state index in [2.05, 4.69) is 33.0 Å². The maximum absolute atomic E-state index is 3.86. The average molecular weight is 265 g/mol. The Bertz CT molecular complexity index is 257. The predicted octanol–water partition coefficient (Wildman–Crippen LogP) is 5.15. The summed E-state index contributed by atoms with van der Waals surface area (Å²) < 4.78 is 0. The van der Waals surface area contributed by atoms with Crippen LogP contribution in [0.1, 0.15) is 85.5 Å². The normalized spacial score (nSPS) is 27.8. The molecule has 1 heteroatoms. The molecule has 0 amide bonds. The van der Waals surface area contributed by atoms with Gasteiger partial charge in [0.1, 0.15) is 0 Å². The molecule has 2 aliphatic rings. The molecular weight excluding hydrogens is 230 g/mol. The van der Waals surface area contributed by atoms with Crippen LogP contribution in [0.25, 0.3) is 0 Å². The van der Waals surface area contributed by atoms with Crippen LogP contribution in [0.5, 0.6) is 0 Å². The van der Waals surface area contributed by atoms with E-state index >= 15 is 0 Å². The van der Waals surface area contributed by atoms with Crippen LogP contribution in [-0.2, 0) is 0 Å². The van der Waals surface area contributed by atoms with Crippen LogP contribution < -0.4 is 5.32 Å². The largest absolute Gasteiger partial charge is 0.314 e. The molecule has 1 N–H and O–H groups in total. The Balaban J connectivity index is 1.67. The quantitative estimate of drug-likeness (QED) is 0.678. The summed E-state index contributed by atoms with van der Waals surface area (Å²) in [6.07, 6.45) is 12.9. The highest BCUT2D eigenvalue weighted by molar-refractivity contribution is 4.92. The van der Waals surface area contributed by atoms with Gasteiger partial charge in [-0.2, -0.15) is 0 Å². The van der Waals surface area contributed by atoms with Crippen molar-refractivity contribution in [2.45, 2.75) is 91.5 Å². The molecule has 2 fully saturated rings. The summed E-state index contributed by atoms with van der Waals surface area (Å²) in [6, 6.07) is 0.752. The smallest absolute Gasteiger partial charge is 0.00772 e. The minimum Gasteiger partial charge on any atom is -0.314 e. The fraction of sp³-hybridized carbons (Fsp3) is 1.00. The molecule has 2 aliphatic carbocycles. The molecule has 0 heterocycles. The molecule has 0 aliphatic heterocycles. The highest BCUT2D eigenvalue weighted by Gasteiger charge is 2.37. The topological polar surface area (TPSA) is 12.0 Å². The average Bonchev–Trinajstić information content (AvgIpc) is 2.72. The Morgan fingerprint density at radius 2 is 1.53 bits per heavy atom. The second-order valence-corrected chi connectivity index (χ2v) is 8.86. The zero-order valence-electron chi connectivity index (χ0n) is 13.7. The van der Waals surface area contributed by atoms with E-state index in [-0.39, 0.29) is 0 Å². The van der Waals surface area contributed by atoms with E-state index in [0.29, 0.717) is 10.8 Å². The van der Waals surface area contributed by atoms with Gasteiger partial charge in [-0.25, -0.2) is 0 Å². The molecule has 0 unspecified atom stereocenters. The van der Waals surface area contributed by atoms with Gasteiger partial charge in [0.15, 0.2) is 0 Å². The number of hydrogen-bond acceptors (Lipinski definition) is 1. The van der Waals surface area contributed by atoms with Crippen molar-refractivity contribution in [3.05, 3.63) is 0 Å². The maximum Gasteiger partial charge on any atom is 0.00772 e. The van der Waals surface area contributed by atoms with Gasteiger partial charge >= 0.3 is 0 Å². The van der Waals surface area contributed by atoms with Crippen LogP contribution in [0.15, 0.2) is 0 Å². The van der Waals surface area contributed by atoms with Crippen LogP contribution in [0.4, 0.5) is 0 Å². The first-order valence-corrected chi connectivity index (χ1v) is 8.60. The Hall–Kier alpha value is -0.0400. The number of hydrogen-bond donors (Lipinski definition) is 1. The third-order valence-corrected chi connectivity index (χ3v) is 5.25. The minimum atomic E-state index is 0.519. The fourth-order valence-corrected chi connectivity index (χ4v) is 4.99. The molecule has 0 aromatic rings. The number of nitrogens with one attached hydrogen (secondary N) is 1. The number of rotatable bonds is 5. The third-order valence-electron chi connectivity index (χ3n) is 5.25. The highest BCUT2D eigenvalue weighted by Crippen LogP contribution is 2.45. The lowest BCUT2D eigenvalue weighted by Gasteiger charge is -2.45. The van der Waals surface area contributed by atoms with Crippen molar-refractivity contribution in [1.29, 1.82) is 0 Å². The summed E-state index contributed by atoms with van der Waals surface area (Å²) in [7, 11) is 0. The van der Waals surface area contributed by atoms with Gasteiger partial charge in [0.2, 0.25) is 0 Å². The maximum atomic E-state index is 3.86. The second-order valence-electron chi connectivity index (χ2n) is 8.86. The molecule has 1 nitrogen and oxygen atoms in total. The van der Waals surface area contributed by atoms with Crippen molar-refractivity contribution in [3.63, 3.8) is 0 Å². The van der Waals surface area contributed by atoms with E-state index < -0.39 is 0 Å². The first kappa shape index (κ1) is 15.4. The van der Waals surface area contributed by atoms with Crippen molar-refractivity contribution in [3.8, 4) is 0 Å². The van der Waals surface area contributed by atoms with Crippen molar-refractivity contribution >= 4 is 0 Å². The van der Waals surface area contributed by atoms with Crippen molar-refractivity contribution in [1.82, 2.24) is 5.32 Å². The lowest BCUT2D eigenvalue weighted by atomic mass is 9.63. The van der Waals surface area contributed by atoms with Gasteiger partial charge in [0, 0.05) is 6.04 Å². The van der Waals surface area contributed by atoms with Gasteiger partial charge in [-0.05, 0) is 55.4 Å². The molecule has 0 aromatic carbocycles. The molecule has 2 saturated carbocycles. The predicted molar refractivity (Wildman–Crippen MR) is 84.4 cm³/mol. The monoisotopic (exact) mass is 265 g/mol. The Kier molecular flexibility index (Phi) is 4.98. The molecule has 2 rings (SSSR count). The van der Waals surface area contributed by atoms with Crippen molar-refractivity contribution in [2.75, 3.05) is 6.54 Å². The molecule has 0 saturated heterocycles. The first-order valence-electron chi connectivity index (χ1n) is 8.60. The van der Waals surface area contributed by atoms with Crippen LogP contribution in [0.3, 0.4) is 0 Å². The van der Waals surface area contributed by atoms with Crippen molar-refractivity contribution < 1.29 is 0 Å². The van der Waals surface area contributed by atoms with E-state index in [1.165, 1.54) is 64.3 Å². The Labute approximate surface area is 120 Å². The summed E-state index contributed by atoms with van der Waals surface area (Å²) in [5, 5.41) is 3.86. The molecule has 19 heavy (non-hydrogen) atoms. The van der Waals surface area contributed by atoms with Gasteiger partial charge in [-0.15, -0.1) is 0 Å². The fourth-order valence-electron chi connectivity index (χ4n) is 4.99. The molecule has 0 radical (unpaired) electrons. The molecule has 112 valence electrons. The Morgan fingerprint density at radius 3 is 2.11 bits per heavy atom. The SMILES string of the molecule is CC1(C)CC(NCCCC2CCCC2)CC(C)(C)C1. The Morgan fingerprint density at radius 1 is 0.947 bits per heavy atom. The summed E-state index contributed by atoms with van der Waals surface area (Å²) >= 11 is 0. The van der Waals surface area contributed by atoms with Gasteiger partial charge in [0.05, 0.1) is 0 Å².